The summed E-state index contributed by atoms with van der Waals surface area (Å²) in [5.74, 6) is 3.58. The summed E-state index contributed by atoms with van der Waals surface area (Å²) >= 11 is 0. The van der Waals surface area contributed by atoms with Crippen LogP contribution in [0.3, 0.4) is 0 Å². The van der Waals surface area contributed by atoms with E-state index in [1.807, 2.05) is 0 Å². The second-order valence-electron chi connectivity index (χ2n) is 6.21. The van der Waals surface area contributed by atoms with Crippen molar-refractivity contribution >= 4 is 0 Å². The van der Waals surface area contributed by atoms with Crippen LogP contribution in [0.2, 0.25) is 0 Å². The average molecular weight is 278 g/mol. The summed E-state index contributed by atoms with van der Waals surface area (Å²) in [6.45, 7) is 7.74. The van der Waals surface area contributed by atoms with Gasteiger partial charge in [0.1, 0.15) is 11.5 Å². The lowest BCUT2D eigenvalue weighted by molar-refractivity contribution is -0.0464. The predicted octanol–water partition coefficient (Wildman–Crippen LogP) is 2.51. The van der Waals surface area contributed by atoms with E-state index in [4.69, 9.17) is 14.9 Å². The molecular weight excluding hydrogens is 252 g/mol. The normalized spacial score (nSPS) is 32.2. The molecule has 4 atom stereocenters. The summed E-state index contributed by atoms with van der Waals surface area (Å²) < 4.78 is 11.8. The third kappa shape index (κ3) is 2.78. The third-order valence-electron chi connectivity index (χ3n) is 4.74. The van der Waals surface area contributed by atoms with Crippen molar-refractivity contribution < 1.29 is 9.15 Å². The molecule has 20 heavy (non-hydrogen) atoms. The lowest BCUT2D eigenvalue weighted by Crippen LogP contribution is -2.45. The van der Waals surface area contributed by atoms with E-state index < -0.39 is 0 Å². The Kier molecular flexibility index (Phi) is 4.15. The predicted molar refractivity (Wildman–Crippen MR) is 78.6 cm³/mol. The fourth-order valence-electron chi connectivity index (χ4n) is 3.18. The van der Waals surface area contributed by atoms with Gasteiger partial charge >= 0.3 is 0 Å². The zero-order valence-corrected chi connectivity index (χ0v) is 12.5. The Balaban J connectivity index is 1.70. The summed E-state index contributed by atoms with van der Waals surface area (Å²) in [6, 6.07) is 4.45. The van der Waals surface area contributed by atoms with Gasteiger partial charge in [-0.05, 0) is 30.9 Å². The standard InChI is InChI=1S/C16H26N2O2/c1-3-12-10-18(6-7-19-12)14(9-17)16-5-4-15(20-16)13-8-11(13)2/h4-5,11-14H,3,6-10,17H2,1-2H3. The molecule has 4 unspecified atom stereocenters. The number of nitrogens with zero attached hydrogens (tertiary/aromatic N) is 1. The van der Waals surface area contributed by atoms with Crippen LogP contribution < -0.4 is 5.73 Å². The molecule has 1 aliphatic heterocycles. The molecule has 2 N–H and O–H groups in total. The highest BCUT2D eigenvalue weighted by atomic mass is 16.5. The number of morpholine rings is 1. The van der Waals surface area contributed by atoms with E-state index in [9.17, 15) is 0 Å². The van der Waals surface area contributed by atoms with Gasteiger partial charge in [0.05, 0.1) is 18.8 Å². The Morgan fingerprint density at radius 1 is 1.45 bits per heavy atom. The van der Waals surface area contributed by atoms with Crippen LogP contribution >= 0.6 is 0 Å². The fourth-order valence-corrected chi connectivity index (χ4v) is 3.18. The van der Waals surface area contributed by atoms with Crippen LogP contribution in [0.25, 0.3) is 0 Å². The number of hydrogen-bond acceptors (Lipinski definition) is 4. The molecule has 1 saturated heterocycles. The van der Waals surface area contributed by atoms with Gasteiger partial charge in [-0.25, -0.2) is 0 Å². The molecule has 0 spiro atoms. The van der Waals surface area contributed by atoms with Crippen molar-refractivity contribution in [3.05, 3.63) is 23.7 Å². The molecule has 1 aliphatic carbocycles. The third-order valence-corrected chi connectivity index (χ3v) is 4.74. The van der Waals surface area contributed by atoms with Gasteiger partial charge in [-0.1, -0.05) is 13.8 Å². The van der Waals surface area contributed by atoms with Crippen LogP contribution in [0, 0.1) is 5.92 Å². The SMILES string of the molecule is CCC1CN(C(CN)c2ccc(C3CC3C)o2)CCO1. The van der Waals surface area contributed by atoms with E-state index in [0.717, 1.165) is 43.6 Å². The van der Waals surface area contributed by atoms with Crippen LogP contribution in [0.5, 0.6) is 0 Å². The first-order valence-corrected chi connectivity index (χ1v) is 7.88. The summed E-state index contributed by atoms with van der Waals surface area (Å²) in [5, 5.41) is 0. The lowest BCUT2D eigenvalue weighted by Gasteiger charge is -2.36. The second-order valence-corrected chi connectivity index (χ2v) is 6.21. The molecule has 112 valence electrons. The average Bonchev–Trinajstić information content (AvgIpc) is 3.01. The van der Waals surface area contributed by atoms with Crippen LogP contribution in [0.15, 0.2) is 16.5 Å². The van der Waals surface area contributed by atoms with Gasteiger partial charge in [-0.15, -0.1) is 0 Å². The minimum atomic E-state index is 0.191. The number of ether oxygens (including phenoxy) is 1. The summed E-state index contributed by atoms with van der Waals surface area (Å²) in [5.41, 5.74) is 6.01. The van der Waals surface area contributed by atoms with Gasteiger partial charge in [0.15, 0.2) is 0 Å². The molecule has 2 aliphatic rings. The van der Waals surface area contributed by atoms with Gasteiger partial charge in [-0.2, -0.15) is 0 Å². The number of furan rings is 1. The zero-order valence-electron chi connectivity index (χ0n) is 12.5. The molecule has 2 fully saturated rings. The lowest BCUT2D eigenvalue weighted by atomic mass is 10.1. The molecule has 2 heterocycles. The largest absolute Gasteiger partial charge is 0.464 e. The number of nitrogens with two attached hydrogens (primary N) is 1. The van der Waals surface area contributed by atoms with E-state index >= 15 is 0 Å². The van der Waals surface area contributed by atoms with Crippen LogP contribution in [-0.4, -0.2) is 37.2 Å². The highest BCUT2D eigenvalue weighted by Gasteiger charge is 2.37. The smallest absolute Gasteiger partial charge is 0.122 e. The molecule has 0 radical (unpaired) electrons. The molecular formula is C16H26N2O2. The van der Waals surface area contributed by atoms with E-state index in [1.54, 1.807) is 0 Å². The first kappa shape index (κ1) is 14.1. The Bertz CT molecular complexity index is 445. The first-order chi connectivity index (χ1) is 9.72. The molecule has 0 aromatic carbocycles. The van der Waals surface area contributed by atoms with Crippen molar-refractivity contribution in [2.24, 2.45) is 11.7 Å². The van der Waals surface area contributed by atoms with E-state index in [2.05, 4.69) is 30.9 Å². The quantitative estimate of drug-likeness (QED) is 0.899. The van der Waals surface area contributed by atoms with Crippen molar-refractivity contribution in [1.82, 2.24) is 4.90 Å². The van der Waals surface area contributed by atoms with Crippen LogP contribution in [0.4, 0.5) is 0 Å². The van der Waals surface area contributed by atoms with Crippen molar-refractivity contribution in [1.29, 1.82) is 0 Å². The summed E-state index contributed by atoms with van der Waals surface area (Å²) in [6.07, 6.45) is 2.64. The zero-order chi connectivity index (χ0) is 14.1. The maximum absolute atomic E-state index is 6.09. The van der Waals surface area contributed by atoms with E-state index in [-0.39, 0.29) is 6.04 Å². The monoisotopic (exact) mass is 278 g/mol. The van der Waals surface area contributed by atoms with Crippen molar-refractivity contribution in [3.63, 3.8) is 0 Å². The van der Waals surface area contributed by atoms with Gasteiger partial charge < -0.3 is 14.9 Å². The summed E-state index contributed by atoms with van der Waals surface area (Å²) in [7, 11) is 0. The molecule has 4 heteroatoms. The van der Waals surface area contributed by atoms with Gasteiger partial charge in [0, 0.05) is 25.6 Å². The Morgan fingerprint density at radius 2 is 2.25 bits per heavy atom. The fraction of sp³-hybridized carbons (Fsp3) is 0.750. The molecule has 0 bridgehead atoms. The van der Waals surface area contributed by atoms with Crippen LogP contribution in [-0.2, 0) is 4.74 Å². The van der Waals surface area contributed by atoms with E-state index in [1.165, 1.54) is 6.42 Å². The Labute approximate surface area is 121 Å². The Morgan fingerprint density at radius 3 is 2.90 bits per heavy atom. The molecule has 4 nitrogen and oxygen atoms in total. The summed E-state index contributed by atoms with van der Waals surface area (Å²) in [4.78, 5) is 2.41. The highest BCUT2D eigenvalue weighted by molar-refractivity contribution is 5.19. The van der Waals surface area contributed by atoms with Gasteiger partial charge in [0.25, 0.3) is 0 Å². The molecule has 0 amide bonds. The second kappa shape index (κ2) is 5.88. The highest BCUT2D eigenvalue weighted by Crippen LogP contribution is 2.47. The van der Waals surface area contributed by atoms with Crippen molar-refractivity contribution in [2.75, 3.05) is 26.2 Å². The van der Waals surface area contributed by atoms with Crippen molar-refractivity contribution in [2.45, 2.75) is 44.8 Å². The van der Waals surface area contributed by atoms with Gasteiger partial charge in [-0.3, -0.25) is 4.90 Å². The molecule has 1 aromatic heterocycles. The molecule has 1 saturated carbocycles. The minimum Gasteiger partial charge on any atom is -0.464 e. The van der Waals surface area contributed by atoms with Crippen LogP contribution in [0.1, 0.15) is 50.2 Å². The topological polar surface area (TPSA) is 51.6 Å². The van der Waals surface area contributed by atoms with E-state index in [0.29, 0.717) is 18.6 Å². The minimum absolute atomic E-state index is 0.191. The molecule has 3 rings (SSSR count). The Hall–Kier alpha value is -0.840. The van der Waals surface area contributed by atoms with Gasteiger partial charge in [0.2, 0.25) is 0 Å². The maximum Gasteiger partial charge on any atom is 0.122 e. The number of hydrogen-bond donors (Lipinski definition) is 1. The molecule has 1 aromatic rings. The van der Waals surface area contributed by atoms with Crippen molar-refractivity contribution in [3.8, 4) is 0 Å². The maximum atomic E-state index is 6.09. The first-order valence-electron chi connectivity index (χ1n) is 7.88. The number of rotatable bonds is 5.